The fraction of sp³-hybridized carbons (Fsp3) is 0.545. The van der Waals surface area contributed by atoms with Crippen molar-refractivity contribution in [3.63, 3.8) is 0 Å². The Morgan fingerprint density at radius 1 is 1.21 bits per heavy atom. The fourth-order valence-electron chi connectivity index (χ4n) is 1.92. The number of H-pyrrole nitrogens is 2. The zero-order valence-corrected chi connectivity index (χ0v) is 10.6. The normalized spacial score (nSPS) is 15.4. The van der Waals surface area contributed by atoms with Crippen LogP contribution < -0.4 is 5.56 Å². The molecule has 1 aromatic rings. The maximum atomic E-state index is 12.0. The van der Waals surface area contributed by atoms with E-state index in [4.69, 9.17) is 4.74 Å². The molecule has 8 nitrogen and oxygen atoms in total. The highest BCUT2D eigenvalue weighted by atomic mass is 16.6. The van der Waals surface area contributed by atoms with Crippen molar-refractivity contribution in [2.75, 3.05) is 32.8 Å². The summed E-state index contributed by atoms with van der Waals surface area (Å²) >= 11 is 0. The van der Waals surface area contributed by atoms with Gasteiger partial charge in [0.15, 0.2) is 0 Å². The first kappa shape index (κ1) is 13.2. The minimum Gasteiger partial charge on any atom is -0.450 e. The monoisotopic (exact) mass is 268 g/mol. The minimum absolute atomic E-state index is 0.231. The van der Waals surface area contributed by atoms with E-state index in [0.717, 1.165) is 0 Å². The second-order valence-electron chi connectivity index (χ2n) is 4.15. The van der Waals surface area contributed by atoms with Gasteiger partial charge in [0.05, 0.1) is 6.61 Å². The van der Waals surface area contributed by atoms with Crippen molar-refractivity contribution in [3.8, 4) is 0 Å². The molecule has 2 rings (SSSR count). The zero-order valence-electron chi connectivity index (χ0n) is 10.6. The number of hydrogen-bond donors (Lipinski definition) is 2. The predicted octanol–water partition coefficient (Wildman–Crippen LogP) is -0.383. The van der Waals surface area contributed by atoms with Gasteiger partial charge in [-0.15, -0.1) is 0 Å². The second-order valence-corrected chi connectivity index (χ2v) is 4.15. The Morgan fingerprint density at radius 2 is 1.84 bits per heavy atom. The summed E-state index contributed by atoms with van der Waals surface area (Å²) < 4.78 is 4.90. The highest BCUT2D eigenvalue weighted by Crippen LogP contribution is 2.07. The number of piperazine rings is 1. The van der Waals surface area contributed by atoms with Gasteiger partial charge in [0.1, 0.15) is 5.69 Å². The van der Waals surface area contributed by atoms with E-state index in [0.29, 0.717) is 32.8 Å². The van der Waals surface area contributed by atoms with Gasteiger partial charge in [-0.3, -0.25) is 19.8 Å². The summed E-state index contributed by atoms with van der Waals surface area (Å²) in [5, 5.41) is 4.84. The third-order valence-corrected chi connectivity index (χ3v) is 2.92. The van der Waals surface area contributed by atoms with E-state index < -0.39 is 0 Å². The summed E-state index contributed by atoms with van der Waals surface area (Å²) in [5.74, 6) is -0.248. The smallest absolute Gasteiger partial charge is 0.409 e. The van der Waals surface area contributed by atoms with Gasteiger partial charge in [0.25, 0.3) is 11.5 Å². The van der Waals surface area contributed by atoms with Crippen molar-refractivity contribution in [2.45, 2.75) is 6.92 Å². The maximum Gasteiger partial charge on any atom is 0.409 e. The van der Waals surface area contributed by atoms with Crippen LogP contribution in [0.5, 0.6) is 0 Å². The minimum atomic E-state index is -0.357. The van der Waals surface area contributed by atoms with Crippen molar-refractivity contribution >= 4 is 12.0 Å². The van der Waals surface area contributed by atoms with Crippen LogP contribution in [0.4, 0.5) is 4.79 Å². The van der Waals surface area contributed by atoms with Gasteiger partial charge in [-0.1, -0.05) is 0 Å². The van der Waals surface area contributed by atoms with Crippen LogP contribution in [-0.4, -0.2) is 64.8 Å². The van der Waals surface area contributed by atoms with Crippen molar-refractivity contribution < 1.29 is 14.3 Å². The van der Waals surface area contributed by atoms with Crippen LogP contribution in [0.15, 0.2) is 10.9 Å². The molecule has 2 amide bonds. The highest BCUT2D eigenvalue weighted by Gasteiger charge is 2.26. The Hall–Kier alpha value is -2.25. The van der Waals surface area contributed by atoms with Crippen LogP contribution in [0.2, 0.25) is 0 Å². The third kappa shape index (κ3) is 2.95. The molecule has 0 radical (unpaired) electrons. The molecule has 2 heterocycles. The van der Waals surface area contributed by atoms with Crippen LogP contribution in [0.3, 0.4) is 0 Å². The van der Waals surface area contributed by atoms with Gasteiger partial charge in [-0.2, -0.15) is 0 Å². The Balaban J connectivity index is 1.91. The summed E-state index contributed by atoms with van der Waals surface area (Å²) in [7, 11) is 0. The Kier molecular flexibility index (Phi) is 3.88. The third-order valence-electron chi connectivity index (χ3n) is 2.92. The van der Waals surface area contributed by atoms with E-state index in [1.807, 2.05) is 0 Å². The van der Waals surface area contributed by atoms with E-state index in [9.17, 15) is 14.4 Å². The summed E-state index contributed by atoms with van der Waals surface area (Å²) in [5.41, 5.74) is -0.108. The lowest BCUT2D eigenvalue weighted by Crippen LogP contribution is -2.50. The number of hydrogen-bond acceptors (Lipinski definition) is 4. The predicted molar refractivity (Wildman–Crippen MR) is 65.9 cm³/mol. The molecule has 1 fully saturated rings. The lowest BCUT2D eigenvalue weighted by molar-refractivity contribution is 0.0566. The maximum absolute atomic E-state index is 12.0. The number of ether oxygens (including phenoxy) is 1. The lowest BCUT2D eigenvalue weighted by Gasteiger charge is -2.33. The summed E-state index contributed by atoms with van der Waals surface area (Å²) in [6.07, 6.45) is -0.357. The molecule has 0 atom stereocenters. The first-order valence-electron chi connectivity index (χ1n) is 6.10. The molecule has 0 aliphatic carbocycles. The van der Waals surface area contributed by atoms with Crippen molar-refractivity contribution in [1.29, 1.82) is 0 Å². The fourth-order valence-corrected chi connectivity index (χ4v) is 1.92. The zero-order chi connectivity index (χ0) is 13.8. The molecule has 104 valence electrons. The standard InChI is InChI=1S/C11H16N4O4/c1-2-19-11(18)15-5-3-14(4-6-15)10(17)8-7-9(16)13-12-8/h7H,2-6H2,1H3,(H2,12,13,16). The number of nitrogens with zero attached hydrogens (tertiary/aromatic N) is 2. The molecule has 2 N–H and O–H groups in total. The Bertz CT molecular complexity index is 513. The number of amides is 2. The molecule has 1 saturated heterocycles. The topological polar surface area (TPSA) is 98.5 Å². The molecule has 0 bridgehead atoms. The van der Waals surface area contributed by atoms with E-state index in [-0.39, 0.29) is 23.3 Å². The molecule has 8 heteroatoms. The van der Waals surface area contributed by atoms with E-state index in [2.05, 4.69) is 10.2 Å². The first-order chi connectivity index (χ1) is 9.11. The van der Waals surface area contributed by atoms with Crippen LogP contribution in [-0.2, 0) is 4.74 Å². The van der Waals surface area contributed by atoms with Crippen LogP contribution in [0, 0.1) is 0 Å². The molecular formula is C11H16N4O4. The van der Waals surface area contributed by atoms with E-state index >= 15 is 0 Å². The average molecular weight is 268 g/mol. The molecule has 0 unspecified atom stereocenters. The lowest BCUT2D eigenvalue weighted by atomic mass is 10.3. The van der Waals surface area contributed by atoms with Gasteiger partial charge >= 0.3 is 6.09 Å². The number of carbonyl (C=O) groups is 2. The molecule has 1 aliphatic rings. The van der Waals surface area contributed by atoms with Gasteiger partial charge in [-0.05, 0) is 6.92 Å². The van der Waals surface area contributed by atoms with Crippen molar-refractivity contribution in [2.24, 2.45) is 0 Å². The SMILES string of the molecule is CCOC(=O)N1CCN(C(=O)c2cc(=O)[nH][nH]2)CC1. The van der Waals surface area contributed by atoms with Gasteiger partial charge < -0.3 is 14.5 Å². The Morgan fingerprint density at radius 3 is 2.37 bits per heavy atom. The molecule has 0 spiro atoms. The molecule has 1 aromatic heterocycles. The summed E-state index contributed by atoms with van der Waals surface area (Å²) in [6, 6.07) is 1.22. The largest absolute Gasteiger partial charge is 0.450 e. The number of aromatic nitrogens is 2. The number of aromatic amines is 2. The van der Waals surface area contributed by atoms with Gasteiger partial charge in [0.2, 0.25) is 0 Å². The van der Waals surface area contributed by atoms with Crippen LogP contribution in [0.25, 0.3) is 0 Å². The number of rotatable bonds is 2. The van der Waals surface area contributed by atoms with E-state index in [1.165, 1.54) is 6.07 Å². The van der Waals surface area contributed by atoms with Gasteiger partial charge in [0, 0.05) is 32.2 Å². The summed E-state index contributed by atoms with van der Waals surface area (Å²) in [6.45, 7) is 3.79. The Labute approximate surface area is 109 Å². The first-order valence-corrected chi connectivity index (χ1v) is 6.10. The molecule has 0 aromatic carbocycles. The van der Waals surface area contributed by atoms with E-state index in [1.54, 1.807) is 16.7 Å². The van der Waals surface area contributed by atoms with Gasteiger partial charge in [-0.25, -0.2) is 4.79 Å². The summed E-state index contributed by atoms with van der Waals surface area (Å²) in [4.78, 5) is 37.6. The van der Waals surface area contributed by atoms with Crippen LogP contribution in [0.1, 0.15) is 17.4 Å². The van der Waals surface area contributed by atoms with Crippen LogP contribution >= 0.6 is 0 Å². The number of nitrogens with one attached hydrogen (secondary N) is 2. The van der Waals surface area contributed by atoms with Crippen molar-refractivity contribution in [1.82, 2.24) is 20.0 Å². The van der Waals surface area contributed by atoms with Crippen molar-refractivity contribution in [3.05, 3.63) is 22.1 Å². The molecule has 19 heavy (non-hydrogen) atoms. The molecule has 1 aliphatic heterocycles. The number of carbonyl (C=O) groups excluding carboxylic acids is 2. The highest BCUT2D eigenvalue weighted by molar-refractivity contribution is 5.92. The molecular weight excluding hydrogens is 252 g/mol. The quantitative estimate of drug-likeness (QED) is 0.763. The molecule has 0 saturated carbocycles. The average Bonchev–Trinajstić information content (AvgIpc) is 2.85. The second kappa shape index (κ2) is 5.59.